The van der Waals surface area contributed by atoms with Gasteiger partial charge in [0, 0.05) is 36.6 Å². The Bertz CT molecular complexity index is 619. The second-order valence-electron chi connectivity index (χ2n) is 5.23. The number of rotatable bonds is 6. The molecule has 0 radical (unpaired) electrons. The number of nitrogens with zero attached hydrogens (tertiary/aromatic N) is 2. The van der Waals surface area contributed by atoms with E-state index in [4.69, 9.17) is 10.5 Å². The molecule has 21 heavy (non-hydrogen) atoms. The van der Waals surface area contributed by atoms with Gasteiger partial charge < -0.3 is 15.8 Å². The van der Waals surface area contributed by atoms with Crippen LogP contribution in [0.5, 0.6) is 5.75 Å². The van der Waals surface area contributed by atoms with Gasteiger partial charge in [0.15, 0.2) is 0 Å². The van der Waals surface area contributed by atoms with Crippen LogP contribution < -0.4 is 15.8 Å². The van der Waals surface area contributed by atoms with Crippen LogP contribution in [0.3, 0.4) is 0 Å². The fraction of sp³-hybridized carbons (Fsp3) is 0.438. The van der Waals surface area contributed by atoms with Crippen LogP contribution >= 0.6 is 0 Å². The highest BCUT2D eigenvalue weighted by molar-refractivity contribution is 5.61. The van der Waals surface area contributed by atoms with Crippen molar-refractivity contribution in [3.8, 4) is 5.75 Å². The summed E-state index contributed by atoms with van der Waals surface area (Å²) in [6.45, 7) is 7.60. The van der Waals surface area contributed by atoms with Crippen LogP contribution in [-0.4, -0.2) is 16.4 Å². The number of aryl methyl sites for hydroxylation is 2. The van der Waals surface area contributed by atoms with Crippen molar-refractivity contribution in [1.82, 2.24) is 9.78 Å². The zero-order chi connectivity index (χ0) is 15.4. The lowest BCUT2D eigenvalue weighted by molar-refractivity contribution is 0.319. The fourth-order valence-electron chi connectivity index (χ4n) is 2.25. The first-order valence-electron chi connectivity index (χ1n) is 7.28. The normalized spacial score (nSPS) is 10.7. The summed E-state index contributed by atoms with van der Waals surface area (Å²) < 4.78 is 7.56. The minimum Gasteiger partial charge on any atom is -0.491 e. The van der Waals surface area contributed by atoms with Gasteiger partial charge in [-0.25, -0.2) is 0 Å². The van der Waals surface area contributed by atoms with Gasteiger partial charge in [0.1, 0.15) is 5.75 Å². The third-order valence-electron chi connectivity index (χ3n) is 3.60. The van der Waals surface area contributed by atoms with Gasteiger partial charge >= 0.3 is 0 Å². The molecule has 5 heteroatoms. The Morgan fingerprint density at radius 1 is 1.33 bits per heavy atom. The van der Waals surface area contributed by atoms with Crippen LogP contribution in [0.25, 0.3) is 0 Å². The van der Waals surface area contributed by atoms with Crippen molar-refractivity contribution in [2.24, 2.45) is 7.05 Å². The van der Waals surface area contributed by atoms with Crippen LogP contribution in [0, 0.1) is 13.8 Å². The van der Waals surface area contributed by atoms with Gasteiger partial charge in [0.05, 0.1) is 18.0 Å². The summed E-state index contributed by atoms with van der Waals surface area (Å²) in [6.07, 6.45) is 0.963. The van der Waals surface area contributed by atoms with Crippen molar-refractivity contribution < 1.29 is 4.74 Å². The quantitative estimate of drug-likeness (QED) is 0.802. The maximum atomic E-state index is 5.92. The summed E-state index contributed by atoms with van der Waals surface area (Å²) in [5.41, 5.74) is 11.1. The van der Waals surface area contributed by atoms with Gasteiger partial charge in [-0.2, -0.15) is 5.10 Å². The van der Waals surface area contributed by atoms with Crippen molar-refractivity contribution >= 4 is 11.4 Å². The van der Waals surface area contributed by atoms with Crippen LogP contribution in [0.15, 0.2) is 18.2 Å². The SMILES string of the molecule is CCCOc1cc(NCc2c(C)nn(C)c2C)ccc1N. The molecule has 114 valence electrons. The molecule has 0 spiro atoms. The van der Waals surface area contributed by atoms with E-state index in [1.807, 2.05) is 36.9 Å². The van der Waals surface area contributed by atoms with E-state index in [-0.39, 0.29) is 0 Å². The molecule has 0 saturated carbocycles. The van der Waals surface area contributed by atoms with Crippen molar-refractivity contribution in [1.29, 1.82) is 0 Å². The minimum atomic E-state index is 0.669. The zero-order valence-corrected chi connectivity index (χ0v) is 13.2. The average Bonchev–Trinajstić information content (AvgIpc) is 2.70. The van der Waals surface area contributed by atoms with Crippen molar-refractivity contribution in [3.63, 3.8) is 0 Å². The Balaban J connectivity index is 2.09. The molecule has 0 amide bonds. The molecular formula is C16H24N4O. The van der Waals surface area contributed by atoms with Crippen molar-refractivity contribution in [2.75, 3.05) is 17.7 Å². The smallest absolute Gasteiger partial charge is 0.144 e. The second kappa shape index (κ2) is 6.52. The molecule has 0 bridgehead atoms. The van der Waals surface area contributed by atoms with Crippen LogP contribution in [0.1, 0.15) is 30.3 Å². The zero-order valence-electron chi connectivity index (χ0n) is 13.2. The van der Waals surface area contributed by atoms with Gasteiger partial charge in [-0.15, -0.1) is 0 Å². The highest BCUT2D eigenvalue weighted by Crippen LogP contribution is 2.26. The molecule has 5 nitrogen and oxygen atoms in total. The Morgan fingerprint density at radius 2 is 2.10 bits per heavy atom. The summed E-state index contributed by atoms with van der Waals surface area (Å²) in [5.74, 6) is 0.737. The van der Waals surface area contributed by atoms with E-state index >= 15 is 0 Å². The summed E-state index contributed by atoms with van der Waals surface area (Å²) in [6, 6.07) is 5.79. The van der Waals surface area contributed by atoms with Crippen molar-refractivity contribution in [3.05, 3.63) is 35.2 Å². The molecule has 2 aromatic rings. The Labute approximate surface area is 126 Å². The third-order valence-corrected chi connectivity index (χ3v) is 3.60. The van der Waals surface area contributed by atoms with E-state index in [1.165, 1.54) is 11.3 Å². The monoisotopic (exact) mass is 288 g/mol. The largest absolute Gasteiger partial charge is 0.491 e. The average molecular weight is 288 g/mol. The van der Waals surface area contributed by atoms with E-state index < -0.39 is 0 Å². The molecule has 0 atom stereocenters. The number of ether oxygens (including phenoxy) is 1. The van der Waals surface area contributed by atoms with Gasteiger partial charge in [0.25, 0.3) is 0 Å². The number of nitrogens with two attached hydrogens (primary N) is 1. The van der Waals surface area contributed by atoms with Crippen molar-refractivity contribution in [2.45, 2.75) is 33.7 Å². The molecule has 0 fully saturated rings. The molecule has 1 heterocycles. The first-order valence-corrected chi connectivity index (χ1v) is 7.28. The number of aromatic nitrogens is 2. The first kappa shape index (κ1) is 15.2. The van der Waals surface area contributed by atoms with Crippen LogP contribution in [0.4, 0.5) is 11.4 Å². The molecule has 0 aliphatic carbocycles. The fourth-order valence-corrected chi connectivity index (χ4v) is 2.25. The topological polar surface area (TPSA) is 65.1 Å². The summed E-state index contributed by atoms with van der Waals surface area (Å²) in [4.78, 5) is 0. The number of benzene rings is 1. The predicted octanol–water partition coefficient (Wildman–Crippen LogP) is 3.02. The Morgan fingerprint density at radius 3 is 2.71 bits per heavy atom. The molecule has 0 unspecified atom stereocenters. The van der Waals surface area contributed by atoms with Gasteiger partial charge in [0.2, 0.25) is 0 Å². The van der Waals surface area contributed by atoms with E-state index in [2.05, 4.69) is 24.3 Å². The molecule has 0 aliphatic rings. The van der Waals surface area contributed by atoms with Crippen LogP contribution in [0.2, 0.25) is 0 Å². The summed E-state index contributed by atoms with van der Waals surface area (Å²) in [5, 5.41) is 7.84. The second-order valence-corrected chi connectivity index (χ2v) is 5.23. The van der Waals surface area contributed by atoms with E-state index in [9.17, 15) is 0 Å². The lowest BCUT2D eigenvalue weighted by atomic mass is 10.2. The molecule has 2 rings (SSSR count). The number of hydrogen-bond donors (Lipinski definition) is 2. The molecule has 1 aromatic heterocycles. The van der Waals surface area contributed by atoms with Gasteiger partial charge in [-0.1, -0.05) is 6.92 Å². The highest BCUT2D eigenvalue weighted by atomic mass is 16.5. The molecular weight excluding hydrogens is 264 g/mol. The number of hydrogen-bond acceptors (Lipinski definition) is 4. The van der Waals surface area contributed by atoms with Gasteiger partial charge in [-0.05, 0) is 32.4 Å². The van der Waals surface area contributed by atoms with E-state index in [1.54, 1.807) is 0 Å². The Hall–Kier alpha value is -2.17. The van der Waals surface area contributed by atoms with E-state index in [0.29, 0.717) is 12.3 Å². The third kappa shape index (κ3) is 3.48. The summed E-state index contributed by atoms with van der Waals surface area (Å²) >= 11 is 0. The summed E-state index contributed by atoms with van der Waals surface area (Å²) in [7, 11) is 1.96. The molecule has 1 aromatic carbocycles. The highest BCUT2D eigenvalue weighted by Gasteiger charge is 2.09. The maximum absolute atomic E-state index is 5.92. The maximum Gasteiger partial charge on any atom is 0.144 e. The predicted molar refractivity (Wildman–Crippen MR) is 86.6 cm³/mol. The minimum absolute atomic E-state index is 0.669. The first-order chi connectivity index (χ1) is 10.0. The van der Waals surface area contributed by atoms with Gasteiger partial charge in [-0.3, -0.25) is 4.68 Å². The standard InChI is InChI=1S/C16H24N4O/c1-5-8-21-16-9-13(6-7-15(16)17)18-10-14-11(2)19-20(4)12(14)3/h6-7,9,18H,5,8,10,17H2,1-4H3. The number of nitrogens with one attached hydrogen (secondary N) is 1. The Kier molecular flexibility index (Phi) is 4.73. The van der Waals surface area contributed by atoms with Crippen LogP contribution in [-0.2, 0) is 13.6 Å². The number of anilines is 2. The lowest BCUT2D eigenvalue weighted by Gasteiger charge is -2.12. The lowest BCUT2D eigenvalue weighted by Crippen LogP contribution is -2.04. The molecule has 3 N–H and O–H groups in total. The number of nitrogen functional groups attached to an aromatic ring is 1. The van der Waals surface area contributed by atoms with E-state index in [0.717, 1.165) is 30.1 Å². The molecule has 0 saturated heterocycles. The molecule has 0 aliphatic heterocycles.